The van der Waals surface area contributed by atoms with Crippen LogP contribution in [0.1, 0.15) is 12.0 Å². The summed E-state index contributed by atoms with van der Waals surface area (Å²) in [6.07, 6.45) is 8.89. The number of hydrogen-bond acceptors (Lipinski definition) is 7. The van der Waals surface area contributed by atoms with Crippen molar-refractivity contribution in [2.24, 2.45) is 5.92 Å². The molecule has 182 valence electrons. The summed E-state index contributed by atoms with van der Waals surface area (Å²) in [4.78, 5) is 18.8. The molecular formula is C28H35N7. The molecule has 3 aliphatic rings. The van der Waals surface area contributed by atoms with Crippen LogP contribution in [-0.4, -0.2) is 72.6 Å². The van der Waals surface area contributed by atoms with Crippen LogP contribution < -0.4 is 15.1 Å². The van der Waals surface area contributed by atoms with Crippen molar-refractivity contribution in [1.29, 1.82) is 0 Å². The number of allylic oxidation sites excluding steroid dienone is 2. The highest BCUT2D eigenvalue weighted by Crippen LogP contribution is 2.32. The Morgan fingerprint density at radius 2 is 1.97 bits per heavy atom. The highest BCUT2D eigenvalue weighted by atomic mass is 15.3. The molecule has 7 heteroatoms. The Hall–Kier alpha value is -3.58. The van der Waals surface area contributed by atoms with Crippen LogP contribution in [0.5, 0.6) is 0 Å². The van der Waals surface area contributed by atoms with Crippen LogP contribution in [0.2, 0.25) is 0 Å². The Kier molecular flexibility index (Phi) is 6.59. The van der Waals surface area contributed by atoms with Crippen LogP contribution in [0.15, 0.2) is 73.7 Å². The first-order valence-corrected chi connectivity index (χ1v) is 12.4. The second-order valence-corrected chi connectivity index (χ2v) is 9.67. The fraction of sp³-hybridized carbons (Fsp3) is 0.357. The number of fused-ring (bicyclic) bond motifs is 1. The monoisotopic (exact) mass is 469 g/mol. The van der Waals surface area contributed by atoms with Crippen LogP contribution in [0.3, 0.4) is 0 Å². The third-order valence-corrected chi connectivity index (χ3v) is 7.18. The number of likely N-dealkylation sites (N-methyl/N-ethyl adjacent to an activating group) is 1. The SMILES string of the molecule is C=CC(=C)N1CC(CCN2C(=C)C=Cc3cnc(Nc4cccc(N5CCN(C)CC5)c4)nc32)C1. The van der Waals surface area contributed by atoms with Gasteiger partial charge in [0.05, 0.1) is 0 Å². The van der Waals surface area contributed by atoms with Gasteiger partial charge in [0.2, 0.25) is 5.95 Å². The number of nitrogens with zero attached hydrogens (tertiary/aromatic N) is 6. The van der Waals surface area contributed by atoms with Crippen molar-refractivity contribution in [1.82, 2.24) is 19.8 Å². The number of anilines is 4. The van der Waals surface area contributed by atoms with Crippen LogP contribution in [-0.2, 0) is 0 Å². The highest BCUT2D eigenvalue weighted by Gasteiger charge is 2.28. The van der Waals surface area contributed by atoms with E-state index in [-0.39, 0.29) is 0 Å². The van der Waals surface area contributed by atoms with Crippen molar-refractivity contribution in [2.45, 2.75) is 6.42 Å². The summed E-state index contributed by atoms with van der Waals surface area (Å²) in [5, 5.41) is 3.42. The molecule has 3 aliphatic heterocycles. The Morgan fingerprint density at radius 3 is 2.74 bits per heavy atom. The molecule has 1 aromatic heterocycles. The van der Waals surface area contributed by atoms with Crippen molar-refractivity contribution >= 4 is 29.2 Å². The molecular weight excluding hydrogens is 434 g/mol. The average molecular weight is 470 g/mol. The molecule has 5 rings (SSSR count). The minimum Gasteiger partial charge on any atom is -0.371 e. The lowest BCUT2D eigenvalue weighted by Gasteiger charge is -2.42. The number of likely N-dealkylation sites (tertiary alicyclic amines) is 1. The summed E-state index contributed by atoms with van der Waals surface area (Å²) in [6, 6.07) is 8.52. The molecule has 0 aliphatic carbocycles. The normalized spacial score (nSPS) is 18.3. The van der Waals surface area contributed by atoms with E-state index in [9.17, 15) is 0 Å². The Labute approximate surface area is 208 Å². The first-order valence-electron chi connectivity index (χ1n) is 12.4. The van der Waals surface area contributed by atoms with Gasteiger partial charge in [0, 0.05) is 80.3 Å². The number of piperazine rings is 1. The standard InChI is InChI=1S/C28H35N7/c1-5-21(2)34-19-23(20-34)11-12-35-22(3)9-10-24-18-29-28(31-27(24)35)30-25-7-6-8-26(17-25)33-15-13-32(4)14-16-33/h5-10,17-18,23H,1-3,11-16,19-20H2,4H3,(H,29,30,31). The Balaban J connectivity index is 1.26. The van der Waals surface area contributed by atoms with E-state index < -0.39 is 0 Å². The number of rotatable bonds is 8. The quantitative estimate of drug-likeness (QED) is 0.577. The van der Waals surface area contributed by atoms with E-state index in [1.54, 1.807) is 0 Å². The topological polar surface area (TPSA) is 50.8 Å². The molecule has 4 heterocycles. The van der Waals surface area contributed by atoms with Crippen LogP contribution in [0, 0.1) is 5.92 Å². The zero-order valence-electron chi connectivity index (χ0n) is 20.7. The molecule has 0 amide bonds. The van der Waals surface area contributed by atoms with Crippen molar-refractivity contribution in [2.75, 3.05) is 68.0 Å². The van der Waals surface area contributed by atoms with Gasteiger partial charge in [0.15, 0.2) is 0 Å². The summed E-state index contributed by atoms with van der Waals surface area (Å²) in [5.74, 6) is 2.16. The molecule has 0 spiro atoms. The fourth-order valence-corrected chi connectivity index (χ4v) is 4.84. The smallest absolute Gasteiger partial charge is 0.229 e. The Bertz CT molecular complexity index is 1140. The molecule has 2 fully saturated rings. The predicted octanol–water partition coefficient (Wildman–Crippen LogP) is 4.34. The third kappa shape index (κ3) is 5.10. The number of aromatic nitrogens is 2. The zero-order valence-corrected chi connectivity index (χ0v) is 20.7. The van der Waals surface area contributed by atoms with Gasteiger partial charge in [-0.05, 0) is 55.8 Å². The second-order valence-electron chi connectivity index (χ2n) is 9.67. The van der Waals surface area contributed by atoms with E-state index in [1.165, 1.54) is 5.69 Å². The maximum Gasteiger partial charge on any atom is 0.229 e. The summed E-state index contributed by atoms with van der Waals surface area (Å²) >= 11 is 0. The lowest BCUT2D eigenvalue weighted by atomic mass is 9.95. The van der Waals surface area contributed by atoms with Crippen LogP contribution in [0.4, 0.5) is 23.1 Å². The molecule has 0 atom stereocenters. The second kappa shape index (κ2) is 9.96. The minimum atomic E-state index is 0.601. The first kappa shape index (κ1) is 23.2. The molecule has 1 aromatic carbocycles. The molecule has 0 bridgehead atoms. The van der Waals surface area contributed by atoms with Gasteiger partial charge in [0.1, 0.15) is 5.82 Å². The van der Waals surface area contributed by atoms with E-state index >= 15 is 0 Å². The molecule has 1 N–H and O–H groups in total. The van der Waals surface area contributed by atoms with Gasteiger partial charge in [-0.3, -0.25) is 0 Å². The average Bonchev–Trinajstić information content (AvgIpc) is 2.84. The summed E-state index contributed by atoms with van der Waals surface area (Å²) in [5.41, 5.74) is 5.22. The Morgan fingerprint density at radius 1 is 1.17 bits per heavy atom. The maximum atomic E-state index is 4.90. The fourth-order valence-electron chi connectivity index (χ4n) is 4.84. The van der Waals surface area contributed by atoms with Crippen molar-refractivity contribution in [3.8, 4) is 0 Å². The van der Waals surface area contributed by atoms with Gasteiger partial charge < -0.3 is 24.9 Å². The lowest BCUT2D eigenvalue weighted by Crippen LogP contribution is -2.46. The number of nitrogens with one attached hydrogen (secondary N) is 1. The van der Waals surface area contributed by atoms with E-state index in [2.05, 4.69) is 81.0 Å². The minimum absolute atomic E-state index is 0.601. The first-order chi connectivity index (χ1) is 17.0. The van der Waals surface area contributed by atoms with Crippen LogP contribution in [0.25, 0.3) is 6.08 Å². The van der Waals surface area contributed by atoms with Gasteiger partial charge in [-0.2, -0.15) is 4.98 Å². The lowest BCUT2D eigenvalue weighted by molar-refractivity contribution is 0.143. The van der Waals surface area contributed by atoms with Gasteiger partial charge in [-0.15, -0.1) is 0 Å². The largest absolute Gasteiger partial charge is 0.371 e. The highest BCUT2D eigenvalue weighted by molar-refractivity contribution is 5.74. The van der Waals surface area contributed by atoms with Crippen molar-refractivity contribution in [3.05, 3.63) is 79.3 Å². The predicted molar refractivity (Wildman–Crippen MR) is 146 cm³/mol. The summed E-state index contributed by atoms with van der Waals surface area (Å²) in [7, 11) is 2.18. The number of benzene rings is 1. The van der Waals surface area contributed by atoms with E-state index in [0.717, 1.165) is 80.7 Å². The molecule has 2 saturated heterocycles. The molecule has 7 nitrogen and oxygen atoms in total. The molecule has 35 heavy (non-hydrogen) atoms. The maximum absolute atomic E-state index is 4.90. The van der Waals surface area contributed by atoms with Gasteiger partial charge in [-0.1, -0.05) is 25.8 Å². The third-order valence-electron chi connectivity index (χ3n) is 7.18. The van der Waals surface area contributed by atoms with Crippen molar-refractivity contribution in [3.63, 3.8) is 0 Å². The summed E-state index contributed by atoms with van der Waals surface area (Å²) < 4.78 is 0. The number of hydrogen-bond donors (Lipinski definition) is 1. The van der Waals surface area contributed by atoms with Gasteiger partial charge >= 0.3 is 0 Å². The van der Waals surface area contributed by atoms with Crippen molar-refractivity contribution < 1.29 is 0 Å². The van der Waals surface area contributed by atoms with E-state index in [4.69, 9.17) is 4.98 Å². The van der Waals surface area contributed by atoms with E-state index in [1.807, 2.05) is 24.4 Å². The molecule has 0 saturated carbocycles. The molecule has 2 aromatic rings. The summed E-state index contributed by atoms with van der Waals surface area (Å²) in [6.45, 7) is 19.3. The van der Waals surface area contributed by atoms with Gasteiger partial charge in [-0.25, -0.2) is 4.98 Å². The molecule has 0 unspecified atom stereocenters. The van der Waals surface area contributed by atoms with Gasteiger partial charge in [0.25, 0.3) is 0 Å². The molecule has 0 radical (unpaired) electrons. The van der Waals surface area contributed by atoms with Crippen LogP contribution >= 0.6 is 0 Å². The zero-order chi connectivity index (χ0) is 24.4. The van der Waals surface area contributed by atoms with E-state index in [0.29, 0.717) is 11.9 Å².